The lowest BCUT2D eigenvalue weighted by atomic mass is 9.80. The standard InChI is InChI=1S/C17H14O3/c1-8-4-10(3)14-11(5-8)16(19)12-6-9(2)7-13(18)15(12)17(14)20/h4-7,18H,1-3H3. The molecule has 0 aromatic heterocycles. The van der Waals surface area contributed by atoms with Gasteiger partial charge >= 0.3 is 0 Å². The highest BCUT2D eigenvalue weighted by atomic mass is 16.3. The third-order valence-corrected chi connectivity index (χ3v) is 3.69. The largest absolute Gasteiger partial charge is 0.507 e. The van der Waals surface area contributed by atoms with Crippen molar-refractivity contribution in [2.24, 2.45) is 0 Å². The van der Waals surface area contributed by atoms with Crippen molar-refractivity contribution < 1.29 is 14.7 Å². The molecule has 3 nitrogen and oxygen atoms in total. The van der Waals surface area contributed by atoms with Crippen LogP contribution in [0.15, 0.2) is 24.3 Å². The summed E-state index contributed by atoms with van der Waals surface area (Å²) in [5.74, 6) is -0.589. The predicted octanol–water partition coefficient (Wildman–Crippen LogP) is 3.09. The van der Waals surface area contributed by atoms with Gasteiger partial charge in [0.2, 0.25) is 0 Å². The summed E-state index contributed by atoms with van der Waals surface area (Å²) in [5, 5.41) is 10.0. The summed E-state index contributed by atoms with van der Waals surface area (Å²) >= 11 is 0. The highest BCUT2D eigenvalue weighted by molar-refractivity contribution is 6.29. The zero-order valence-corrected chi connectivity index (χ0v) is 11.6. The van der Waals surface area contributed by atoms with Crippen LogP contribution >= 0.6 is 0 Å². The van der Waals surface area contributed by atoms with Crippen molar-refractivity contribution in [1.82, 2.24) is 0 Å². The molecule has 20 heavy (non-hydrogen) atoms. The van der Waals surface area contributed by atoms with Crippen molar-refractivity contribution in [3.63, 3.8) is 0 Å². The first-order valence-electron chi connectivity index (χ1n) is 6.44. The van der Waals surface area contributed by atoms with Gasteiger partial charge in [0, 0.05) is 16.7 Å². The minimum Gasteiger partial charge on any atom is -0.507 e. The molecule has 3 rings (SSSR count). The number of hydrogen-bond donors (Lipinski definition) is 1. The number of carbonyl (C=O) groups is 2. The van der Waals surface area contributed by atoms with Crippen LogP contribution in [0, 0.1) is 20.8 Å². The Labute approximate surface area is 116 Å². The van der Waals surface area contributed by atoms with Gasteiger partial charge in [0.15, 0.2) is 11.6 Å². The minimum absolute atomic E-state index is 0.121. The number of carbonyl (C=O) groups excluding carboxylic acids is 2. The Kier molecular flexibility index (Phi) is 2.54. The Bertz CT molecular complexity index is 722. The zero-order chi connectivity index (χ0) is 14.6. The number of benzene rings is 2. The molecule has 0 radical (unpaired) electrons. The van der Waals surface area contributed by atoms with Crippen LogP contribution in [0.1, 0.15) is 48.5 Å². The Morgan fingerprint density at radius 3 is 1.95 bits per heavy atom. The van der Waals surface area contributed by atoms with Crippen LogP contribution in [0.3, 0.4) is 0 Å². The second-order valence-corrected chi connectivity index (χ2v) is 5.37. The molecule has 0 aliphatic heterocycles. The maximum atomic E-state index is 12.6. The van der Waals surface area contributed by atoms with E-state index in [4.69, 9.17) is 0 Å². The first-order chi connectivity index (χ1) is 9.40. The highest BCUT2D eigenvalue weighted by Crippen LogP contribution is 2.35. The molecule has 0 saturated carbocycles. The molecule has 0 spiro atoms. The second kappa shape index (κ2) is 4.04. The molecular formula is C17H14O3. The van der Waals surface area contributed by atoms with Crippen molar-refractivity contribution in [1.29, 1.82) is 0 Å². The van der Waals surface area contributed by atoms with Crippen LogP contribution in [0.5, 0.6) is 5.75 Å². The molecule has 0 unspecified atom stereocenters. The summed E-state index contributed by atoms with van der Waals surface area (Å²) in [6.07, 6.45) is 0. The molecule has 1 aliphatic rings. The van der Waals surface area contributed by atoms with E-state index >= 15 is 0 Å². The van der Waals surface area contributed by atoms with E-state index in [-0.39, 0.29) is 22.9 Å². The Morgan fingerprint density at radius 2 is 1.30 bits per heavy atom. The summed E-state index contributed by atoms with van der Waals surface area (Å²) in [6.45, 7) is 5.50. The Morgan fingerprint density at radius 1 is 0.750 bits per heavy atom. The van der Waals surface area contributed by atoms with Gasteiger partial charge in [0.1, 0.15) is 5.75 Å². The first-order valence-corrected chi connectivity index (χ1v) is 6.44. The van der Waals surface area contributed by atoms with Gasteiger partial charge in [-0.05, 0) is 50.1 Å². The fourth-order valence-electron chi connectivity index (χ4n) is 2.90. The number of fused-ring (bicyclic) bond motifs is 2. The molecule has 0 amide bonds. The fraction of sp³-hybridized carbons (Fsp3) is 0.176. The molecule has 2 aromatic carbocycles. The van der Waals surface area contributed by atoms with Crippen molar-refractivity contribution in [2.45, 2.75) is 20.8 Å². The van der Waals surface area contributed by atoms with Crippen LogP contribution in [0.25, 0.3) is 0 Å². The van der Waals surface area contributed by atoms with Crippen molar-refractivity contribution in [3.8, 4) is 5.75 Å². The molecule has 100 valence electrons. The van der Waals surface area contributed by atoms with E-state index < -0.39 is 0 Å². The van der Waals surface area contributed by atoms with Gasteiger partial charge in [-0.3, -0.25) is 9.59 Å². The number of phenols is 1. The van der Waals surface area contributed by atoms with Gasteiger partial charge in [0.25, 0.3) is 0 Å². The molecule has 0 saturated heterocycles. The molecule has 3 heteroatoms. The normalized spacial score (nSPS) is 13.2. The topological polar surface area (TPSA) is 54.4 Å². The summed E-state index contributed by atoms with van der Waals surface area (Å²) in [4.78, 5) is 25.2. The monoisotopic (exact) mass is 266 g/mol. The number of ketones is 2. The van der Waals surface area contributed by atoms with E-state index in [2.05, 4.69) is 0 Å². The Hall–Kier alpha value is -2.42. The van der Waals surface area contributed by atoms with Gasteiger partial charge in [-0.15, -0.1) is 0 Å². The lowest BCUT2D eigenvalue weighted by Gasteiger charge is -2.21. The fourth-order valence-corrected chi connectivity index (χ4v) is 2.90. The van der Waals surface area contributed by atoms with E-state index in [1.165, 1.54) is 6.07 Å². The van der Waals surface area contributed by atoms with Crippen LogP contribution < -0.4 is 0 Å². The lowest BCUT2D eigenvalue weighted by Crippen LogP contribution is -2.22. The van der Waals surface area contributed by atoms with Gasteiger partial charge in [-0.2, -0.15) is 0 Å². The van der Waals surface area contributed by atoms with Gasteiger partial charge in [-0.1, -0.05) is 11.6 Å². The maximum Gasteiger partial charge on any atom is 0.198 e. The SMILES string of the molecule is Cc1cc(C)c2c(c1)C(=O)c1cc(C)cc(O)c1C2=O. The summed E-state index contributed by atoms with van der Waals surface area (Å²) in [5.41, 5.74) is 3.74. The van der Waals surface area contributed by atoms with Crippen LogP contribution in [0.2, 0.25) is 0 Å². The van der Waals surface area contributed by atoms with Gasteiger partial charge in [-0.25, -0.2) is 0 Å². The molecule has 0 atom stereocenters. The highest BCUT2D eigenvalue weighted by Gasteiger charge is 2.33. The minimum atomic E-state index is -0.274. The van der Waals surface area contributed by atoms with Crippen molar-refractivity contribution in [3.05, 3.63) is 63.2 Å². The van der Waals surface area contributed by atoms with Crippen molar-refractivity contribution >= 4 is 11.6 Å². The molecule has 0 heterocycles. The first kappa shape index (κ1) is 12.6. The predicted molar refractivity (Wildman–Crippen MR) is 75.6 cm³/mol. The number of aromatic hydroxyl groups is 1. The summed E-state index contributed by atoms with van der Waals surface area (Å²) < 4.78 is 0. The number of hydrogen-bond acceptors (Lipinski definition) is 3. The van der Waals surface area contributed by atoms with E-state index in [9.17, 15) is 14.7 Å². The smallest absolute Gasteiger partial charge is 0.198 e. The van der Waals surface area contributed by atoms with Gasteiger partial charge < -0.3 is 5.11 Å². The van der Waals surface area contributed by atoms with E-state index in [1.807, 2.05) is 19.9 Å². The lowest BCUT2D eigenvalue weighted by molar-refractivity contribution is 0.0976. The van der Waals surface area contributed by atoms with Crippen LogP contribution in [0.4, 0.5) is 0 Å². The summed E-state index contributed by atoms with van der Waals surface area (Å²) in [7, 11) is 0. The quantitative estimate of drug-likeness (QED) is 0.680. The third kappa shape index (κ3) is 1.59. The van der Waals surface area contributed by atoms with Crippen LogP contribution in [-0.2, 0) is 0 Å². The van der Waals surface area contributed by atoms with E-state index in [1.54, 1.807) is 19.1 Å². The Balaban J connectivity index is 2.40. The number of rotatable bonds is 0. The molecule has 0 bridgehead atoms. The molecule has 1 aliphatic carbocycles. The molecular weight excluding hydrogens is 252 g/mol. The maximum absolute atomic E-state index is 12.6. The average Bonchev–Trinajstić information content (AvgIpc) is 2.34. The van der Waals surface area contributed by atoms with Gasteiger partial charge in [0.05, 0.1) is 5.56 Å². The number of phenolic OH excluding ortho intramolecular Hbond substituents is 1. The molecule has 1 N–H and O–H groups in total. The molecule has 0 fully saturated rings. The second-order valence-electron chi connectivity index (χ2n) is 5.37. The van der Waals surface area contributed by atoms with Crippen LogP contribution in [-0.4, -0.2) is 16.7 Å². The molecule has 2 aromatic rings. The number of aryl methyl sites for hydroxylation is 3. The van der Waals surface area contributed by atoms with E-state index in [0.717, 1.165) is 16.7 Å². The summed E-state index contributed by atoms with van der Waals surface area (Å²) in [6, 6.07) is 6.79. The zero-order valence-electron chi connectivity index (χ0n) is 11.6. The average molecular weight is 266 g/mol. The van der Waals surface area contributed by atoms with E-state index in [0.29, 0.717) is 16.7 Å². The van der Waals surface area contributed by atoms with Crippen molar-refractivity contribution in [2.75, 3.05) is 0 Å². The third-order valence-electron chi connectivity index (χ3n) is 3.69.